The SMILES string of the molecule is ClCC(CCl)(Cc1cc(Cl)ccc1Cl)c1ccccc1. The van der Waals surface area contributed by atoms with Crippen molar-refractivity contribution in [1.82, 2.24) is 0 Å². The summed E-state index contributed by atoms with van der Waals surface area (Å²) in [7, 11) is 0. The van der Waals surface area contributed by atoms with E-state index in [1.807, 2.05) is 36.4 Å². The van der Waals surface area contributed by atoms with Crippen LogP contribution in [0.5, 0.6) is 0 Å². The average Bonchev–Trinajstić information content (AvgIpc) is 2.49. The van der Waals surface area contributed by atoms with Crippen molar-refractivity contribution in [2.75, 3.05) is 11.8 Å². The van der Waals surface area contributed by atoms with Gasteiger partial charge in [0, 0.05) is 27.2 Å². The van der Waals surface area contributed by atoms with Gasteiger partial charge in [0.05, 0.1) is 0 Å². The van der Waals surface area contributed by atoms with Gasteiger partial charge in [-0.3, -0.25) is 0 Å². The van der Waals surface area contributed by atoms with Crippen molar-refractivity contribution in [3.63, 3.8) is 0 Å². The minimum atomic E-state index is -0.349. The molecule has 0 saturated heterocycles. The molecule has 0 atom stereocenters. The van der Waals surface area contributed by atoms with Crippen LogP contribution in [0.3, 0.4) is 0 Å². The van der Waals surface area contributed by atoms with Crippen LogP contribution in [0.2, 0.25) is 10.0 Å². The molecule has 0 fully saturated rings. The van der Waals surface area contributed by atoms with Gasteiger partial charge in [0.25, 0.3) is 0 Å². The fourth-order valence-electron chi connectivity index (χ4n) is 2.22. The second-order valence-corrected chi connectivity index (χ2v) is 6.20. The first-order valence-corrected chi connectivity index (χ1v) is 8.05. The van der Waals surface area contributed by atoms with Gasteiger partial charge in [-0.1, -0.05) is 53.5 Å². The van der Waals surface area contributed by atoms with Crippen LogP contribution in [0.15, 0.2) is 48.5 Å². The second kappa shape index (κ2) is 7.04. The number of benzene rings is 2. The summed E-state index contributed by atoms with van der Waals surface area (Å²) in [6.45, 7) is 0. The maximum Gasteiger partial charge on any atom is 0.0439 e. The van der Waals surface area contributed by atoms with E-state index in [-0.39, 0.29) is 5.41 Å². The van der Waals surface area contributed by atoms with E-state index in [4.69, 9.17) is 46.4 Å². The molecule has 0 radical (unpaired) electrons. The first-order chi connectivity index (χ1) is 9.61. The minimum Gasteiger partial charge on any atom is -0.126 e. The lowest BCUT2D eigenvalue weighted by Gasteiger charge is -2.31. The molecule has 2 rings (SSSR count). The standard InChI is InChI=1S/C16H14Cl4/c17-10-16(11-18,13-4-2-1-3-5-13)9-12-8-14(19)6-7-15(12)20/h1-8H,9-11H2. The van der Waals surface area contributed by atoms with E-state index >= 15 is 0 Å². The van der Waals surface area contributed by atoms with Gasteiger partial charge in [0.1, 0.15) is 0 Å². The third-order valence-electron chi connectivity index (χ3n) is 3.43. The molecule has 0 bridgehead atoms. The molecule has 0 spiro atoms. The zero-order valence-electron chi connectivity index (χ0n) is 10.8. The van der Waals surface area contributed by atoms with Gasteiger partial charge in [0.15, 0.2) is 0 Å². The Labute approximate surface area is 139 Å². The summed E-state index contributed by atoms with van der Waals surface area (Å²) in [5.41, 5.74) is 1.73. The molecule has 0 nitrogen and oxygen atoms in total. The summed E-state index contributed by atoms with van der Waals surface area (Å²) in [5.74, 6) is 0.840. The van der Waals surface area contributed by atoms with Gasteiger partial charge in [-0.2, -0.15) is 0 Å². The van der Waals surface area contributed by atoms with Crippen molar-refractivity contribution in [3.8, 4) is 0 Å². The fraction of sp³-hybridized carbons (Fsp3) is 0.250. The van der Waals surface area contributed by atoms with Crippen molar-refractivity contribution in [2.24, 2.45) is 0 Å². The van der Waals surface area contributed by atoms with E-state index in [0.717, 1.165) is 11.1 Å². The van der Waals surface area contributed by atoms with E-state index in [9.17, 15) is 0 Å². The third kappa shape index (κ3) is 3.43. The zero-order chi connectivity index (χ0) is 14.6. The zero-order valence-corrected chi connectivity index (χ0v) is 13.8. The van der Waals surface area contributed by atoms with Crippen LogP contribution in [-0.2, 0) is 11.8 Å². The predicted molar refractivity (Wildman–Crippen MR) is 89.7 cm³/mol. The number of hydrogen-bond acceptors (Lipinski definition) is 0. The van der Waals surface area contributed by atoms with Gasteiger partial charge in [0.2, 0.25) is 0 Å². The van der Waals surface area contributed by atoms with Crippen LogP contribution in [0.4, 0.5) is 0 Å². The van der Waals surface area contributed by atoms with E-state index in [0.29, 0.717) is 28.2 Å². The summed E-state index contributed by atoms with van der Waals surface area (Å²) >= 11 is 24.8. The Balaban J connectivity index is 2.42. The summed E-state index contributed by atoms with van der Waals surface area (Å²) < 4.78 is 0. The number of alkyl halides is 2. The van der Waals surface area contributed by atoms with Crippen molar-refractivity contribution in [3.05, 3.63) is 69.7 Å². The maximum absolute atomic E-state index is 6.26. The van der Waals surface area contributed by atoms with E-state index in [1.54, 1.807) is 12.1 Å². The summed E-state index contributed by atoms with van der Waals surface area (Å²) in [5, 5.41) is 1.35. The first-order valence-electron chi connectivity index (χ1n) is 6.23. The fourth-order valence-corrected chi connectivity index (χ4v) is 3.38. The van der Waals surface area contributed by atoms with Crippen LogP contribution in [0.1, 0.15) is 11.1 Å². The summed E-state index contributed by atoms with van der Waals surface area (Å²) in [6.07, 6.45) is 0.656. The molecule has 20 heavy (non-hydrogen) atoms. The first kappa shape index (κ1) is 16.0. The molecule has 0 aliphatic heterocycles. The molecular weight excluding hydrogens is 334 g/mol. The predicted octanol–water partition coefficient (Wildman–Crippen LogP) is 5.95. The highest BCUT2D eigenvalue weighted by atomic mass is 35.5. The molecule has 0 aliphatic carbocycles. The molecule has 106 valence electrons. The highest BCUT2D eigenvalue weighted by Crippen LogP contribution is 2.34. The topological polar surface area (TPSA) is 0 Å². The van der Waals surface area contributed by atoms with Gasteiger partial charge < -0.3 is 0 Å². The largest absolute Gasteiger partial charge is 0.126 e. The quantitative estimate of drug-likeness (QED) is 0.586. The molecule has 0 N–H and O–H groups in total. The van der Waals surface area contributed by atoms with Crippen LogP contribution < -0.4 is 0 Å². The minimum absolute atomic E-state index is 0.349. The lowest BCUT2D eigenvalue weighted by molar-refractivity contribution is 0.536. The Morgan fingerprint density at radius 1 is 0.850 bits per heavy atom. The third-order valence-corrected chi connectivity index (χ3v) is 5.06. The molecule has 0 heterocycles. The maximum atomic E-state index is 6.26. The van der Waals surface area contributed by atoms with Crippen molar-refractivity contribution in [2.45, 2.75) is 11.8 Å². The summed E-state index contributed by atoms with van der Waals surface area (Å²) in [4.78, 5) is 0. The van der Waals surface area contributed by atoms with E-state index in [2.05, 4.69) is 0 Å². The normalized spacial score (nSPS) is 11.6. The second-order valence-electron chi connectivity index (χ2n) is 4.83. The van der Waals surface area contributed by atoms with Crippen molar-refractivity contribution < 1.29 is 0 Å². The number of halogens is 4. The molecule has 0 unspecified atom stereocenters. The Kier molecular flexibility index (Phi) is 5.63. The van der Waals surface area contributed by atoms with E-state index in [1.165, 1.54) is 0 Å². The van der Waals surface area contributed by atoms with E-state index < -0.39 is 0 Å². The molecule has 0 aromatic heterocycles. The van der Waals surface area contributed by atoms with Gasteiger partial charge >= 0.3 is 0 Å². The highest BCUT2D eigenvalue weighted by Gasteiger charge is 2.31. The molecule has 2 aromatic carbocycles. The Morgan fingerprint density at radius 2 is 1.50 bits per heavy atom. The molecule has 0 aliphatic rings. The number of rotatable bonds is 5. The average molecular weight is 348 g/mol. The lowest BCUT2D eigenvalue weighted by Crippen LogP contribution is -2.33. The summed E-state index contributed by atoms with van der Waals surface area (Å²) in [6, 6.07) is 15.5. The molecule has 2 aromatic rings. The monoisotopic (exact) mass is 346 g/mol. The molecular formula is C16H14Cl4. The highest BCUT2D eigenvalue weighted by molar-refractivity contribution is 6.33. The van der Waals surface area contributed by atoms with Gasteiger partial charge in [-0.15, -0.1) is 23.2 Å². The number of hydrogen-bond donors (Lipinski definition) is 0. The molecule has 0 saturated carbocycles. The lowest BCUT2D eigenvalue weighted by atomic mass is 9.79. The molecule has 4 heteroatoms. The van der Waals surface area contributed by atoms with Gasteiger partial charge in [-0.05, 0) is 35.7 Å². The van der Waals surface area contributed by atoms with Crippen LogP contribution in [0.25, 0.3) is 0 Å². The van der Waals surface area contributed by atoms with Crippen LogP contribution >= 0.6 is 46.4 Å². The van der Waals surface area contributed by atoms with Crippen molar-refractivity contribution in [1.29, 1.82) is 0 Å². The van der Waals surface area contributed by atoms with Crippen LogP contribution in [-0.4, -0.2) is 11.8 Å². The Bertz CT molecular complexity index is 562. The van der Waals surface area contributed by atoms with Crippen molar-refractivity contribution >= 4 is 46.4 Å². The smallest absolute Gasteiger partial charge is 0.0439 e. The molecule has 0 amide bonds. The Hall–Kier alpha value is -0.400. The van der Waals surface area contributed by atoms with Crippen LogP contribution in [0, 0.1) is 0 Å². The Morgan fingerprint density at radius 3 is 2.10 bits per heavy atom. The van der Waals surface area contributed by atoms with Gasteiger partial charge in [-0.25, -0.2) is 0 Å².